The van der Waals surface area contributed by atoms with E-state index in [0.717, 1.165) is 17.7 Å². The Morgan fingerprint density at radius 3 is 2.22 bits per heavy atom. The van der Waals surface area contributed by atoms with E-state index in [9.17, 15) is 14.4 Å². The molecule has 0 heterocycles. The lowest BCUT2D eigenvalue weighted by molar-refractivity contribution is -0.146. The minimum Gasteiger partial charge on any atom is -0.478 e. The van der Waals surface area contributed by atoms with Gasteiger partial charge in [-0.3, -0.25) is 0 Å². The van der Waals surface area contributed by atoms with Gasteiger partial charge in [0.25, 0.3) is 0 Å². The van der Waals surface area contributed by atoms with E-state index >= 15 is 0 Å². The molecule has 0 amide bonds. The Kier molecular flexibility index (Phi) is 7.57. The lowest BCUT2D eigenvalue weighted by Gasteiger charge is -2.03. The summed E-state index contributed by atoms with van der Waals surface area (Å²) in [6.07, 6.45) is 4.71. The van der Waals surface area contributed by atoms with Crippen LogP contribution in [-0.4, -0.2) is 36.2 Å². The van der Waals surface area contributed by atoms with Crippen molar-refractivity contribution in [3.05, 3.63) is 66.3 Å². The van der Waals surface area contributed by atoms with Crippen molar-refractivity contribution in [1.82, 2.24) is 0 Å². The highest BCUT2D eigenvalue weighted by atomic mass is 16.6. The molecule has 0 radical (unpaired) electrons. The average Bonchev–Trinajstić information content (AvgIpc) is 2.55. The number of carbonyl (C=O) groups excluding carboxylic acids is 2. The molecular formula is C17H16O6. The second kappa shape index (κ2) is 9.73. The maximum Gasteiger partial charge on any atom is 0.335 e. The fourth-order valence-electron chi connectivity index (χ4n) is 1.44. The molecule has 1 rings (SSSR count). The number of ether oxygens (including phenoxy) is 2. The van der Waals surface area contributed by atoms with Crippen LogP contribution in [0.15, 0.2) is 60.7 Å². The first-order chi connectivity index (χ1) is 11.0. The number of esters is 2. The Bertz CT molecular complexity index is 628. The molecule has 23 heavy (non-hydrogen) atoms. The molecule has 0 atom stereocenters. The summed E-state index contributed by atoms with van der Waals surface area (Å²) in [6.45, 7) is 2.91. The fourth-order valence-corrected chi connectivity index (χ4v) is 1.44. The number of carboxylic acid groups (broad SMARTS) is 1. The molecule has 0 aliphatic carbocycles. The van der Waals surface area contributed by atoms with Gasteiger partial charge < -0.3 is 14.6 Å². The van der Waals surface area contributed by atoms with Crippen molar-refractivity contribution in [2.24, 2.45) is 0 Å². The van der Waals surface area contributed by atoms with Crippen molar-refractivity contribution < 1.29 is 29.0 Å². The summed E-state index contributed by atoms with van der Waals surface area (Å²) >= 11 is 0. The molecule has 1 aromatic carbocycles. The van der Waals surface area contributed by atoms with Gasteiger partial charge in [0.2, 0.25) is 0 Å². The number of carboxylic acids is 1. The standard InChI is InChI=1S/C17H16O6/c1-2-15(18)22-10-11-23-16(19)12-14(17(20)21)9-8-13-6-4-3-5-7-13/h2-9,12H,1,10-11H2,(H,20,21)/b9-8?,14-12-. The maximum absolute atomic E-state index is 11.5. The molecule has 0 unspecified atom stereocenters. The van der Waals surface area contributed by atoms with Crippen molar-refractivity contribution in [2.45, 2.75) is 0 Å². The van der Waals surface area contributed by atoms with Gasteiger partial charge in [-0.2, -0.15) is 0 Å². The van der Waals surface area contributed by atoms with E-state index < -0.39 is 17.9 Å². The number of hydrogen-bond donors (Lipinski definition) is 1. The Hall–Kier alpha value is -3.15. The van der Waals surface area contributed by atoms with Crippen LogP contribution < -0.4 is 0 Å². The van der Waals surface area contributed by atoms with E-state index in [0.29, 0.717) is 0 Å². The van der Waals surface area contributed by atoms with Gasteiger partial charge >= 0.3 is 17.9 Å². The third-order valence-corrected chi connectivity index (χ3v) is 2.51. The lowest BCUT2D eigenvalue weighted by atomic mass is 10.1. The number of hydrogen-bond acceptors (Lipinski definition) is 5. The van der Waals surface area contributed by atoms with Gasteiger partial charge in [0.15, 0.2) is 0 Å². The quantitative estimate of drug-likeness (QED) is 0.341. The van der Waals surface area contributed by atoms with E-state index in [-0.39, 0.29) is 18.8 Å². The second-order valence-electron chi connectivity index (χ2n) is 4.19. The number of aliphatic carboxylic acids is 1. The minimum absolute atomic E-state index is 0.132. The van der Waals surface area contributed by atoms with Crippen molar-refractivity contribution in [2.75, 3.05) is 13.2 Å². The van der Waals surface area contributed by atoms with Crippen LogP contribution in [0.4, 0.5) is 0 Å². The SMILES string of the molecule is C=CC(=O)OCCOC(=O)/C=C(/C=Cc1ccccc1)C(=O)O. The van der Waals surface area contributed by atoms with E-state index in [1.165, 1.54) is 6.08 Å². The summed E-state index contributed by atoms with van der Waals surface area (Å²) in [7, 11) is 0. The van der Waals surface area contributed by atoms with Gasteiger partial charge in [-0.15, -0.1) is 0 Å². The molecule has 6 heteroatoms. The van der Waals surface area contributed by atoms with Crippen LogP contribution in [0.1, 0.15) is 5.56 Å². The summed E-state index contributed by atoms with van der Waals surface area (Å²) in [5.41, 5.74) is 0.575. The highest BCUT2D eigenvalue weighted by Gasteiger charge is 2.08. The molecule has 0 saturated heterocycles. The molecular weight excluding hydrogens is 300 g/mol. The van der Waals surface area contributed by atoms with Crippen LogP contribution in [0.25, 0.3) is 6.08 Å². The fraction of sp³-hybridized carbons (Fsp3) is 0.118. The van der Waals surface area contributed by atoms with Gasteiger partial charge in [0.05, 0.1) is 5.57 Å². The van der Waals surface area contributed by atoms with Crippen molar-refractivity contribution in [3.63, 3.8) is 0 Å². The van der Waals surface area contributed by atoms with Gasteiger partial charge in [-0.1, -0.05) is 43.0 Å². The molecule has 0 spiro atoms. The molecule has 1 aromatic rings. The van der Waals surface area contributed by atoms with Crippen LogP contribution in [0, 0.1) is 0 Å². The zero-order chi connectivity index (χ0) is 17.1. The Morgan fingerprint density at radius 2 is 1.65 bits per heavy atom. The second-order valence-corrected chi connectivity index (χ2v) is 4.19. The summed E-state index contributed by atoms with van der Waals surface area (Å²) in [5.74, 6) is -2.73. The Balaban J connectivity index is 2.59. The van der Waals surface area contributed by atoms with Gasteiger partial charge in [-0.25, -0.2) is 14.4 Å². The predicted octanol–water partition coefficient (Wildman–Crippen LogP) is 1.98. The topological polar surface area (TPSA) is 89.9 Å². The Morgan fingerprint density at radius 1 is 1.04 bits per heavy atom. The average molecular weight is 316 g/mol. The van der Waals surface area contributed by atoms with Crippen molar-refractivity contribution in [1.29, 1.82) is 0 Å². The minimum atomic E-state index is -1.26. The first kappa shape index (κ1) is 17.9. The van der Waals surface area contributed by atoms with E-state index in [1.807, 2.05) is 18.2 Å². The van der Waals surface area contributed by atoms with Gasteiger partial charge in [0.1, 0.15) is 13.2 Å². The normalized spacial score (nSPS) is 11.0. The van der Waals surface area contributed by atoms with Crippen LogP contribution in [0.2, 0.25) is 0 Å². The molecule has 120 valence electrons. The van der Waals surface area contributed by atoms with E-state index in [2.05, 4.69) is 11.3 Å². The third-order valence-electron chi connectivity index (χ3n) is 2.51. The van der Waals surface area contributed by atoms with Crippen LogP contribution >= 0.6 is 0 Å². The summed E-state index contributed by atoms with van der Waals surface area (Å²) in [5, 5.41) is 9.07. The monoisotopic (exact) mass is 316 g/mol. The summed E-state index contributed by atoms with van der Waals surface area (Å²) in [6, 6.07) is 9.04. The van der Waals surface area contributed by atoms with Gasteiger partial charge in [0, 0.05) is 12.2 Å². The molecule has 0 aromatic heterocycles. The largest absolute Gasteiger partial charge is 0.478 e. The Labute approximate surface area is 133 Å². The highest BCUT2D eigenvalue weighted by Crippen LogP contribution is 2.06. The number of carbonyl (C=O) groups is 3. The molecule has 0 aliphatic rings. The molecule has 6 nitrogen and oxygen atoms in total. The highest BCUT2D eigenvalue weighted by molar-refractivity contribution is 5.98. The van der Waals surface area contributed by atoms with Gasteiger partial charge in [-0.05, 0) is 11.6 Å². The zero-order valence-electron chi connectivity index (χ0n) is 12.3. The van der Waals surface area contributed by atoms with Crippen molar-refractivity contribution >= 4 is 24.0 Å². The first-order valence-corrected chi connectivity index (χ1v) is 6.67. The van der Waals surface area contributed by atoms with Crippen molar-refractivity contribution in [3.8, 4) is 0 Å². The number of rotatable bonds is 8. The molecule has 1 N–H and O–H groups in total. The first-order valence-electron chi connectivity index (χ1n) is 6.67. The summed E-state index contributed by atoms with van der Waals surface area (Å²) in [4.78, 5) is 33.4. The van der Waals surface area contributed by atoms with E-state index in [4.69, 9.17) is 9.84 Å². The zero-order valence-corrected chi connectivity index (χ0v) is 12.3. The molecule has 0 fully saturated rings. The predicted molar refractivity (Wildman–Crippen MR) is 83.3 cm³/mol. The van der Waals surface area contributed by atoms with Crippen LogP contribution in [0.3, 0.4) is 0 Å². The summed E-state index contributed by atoms with van der Waals surface area (Å²) < 4.78 is 9.36. The lowest BCUT2D eigenvalue weighted by Crippen LogP contribution is -2.12. The molecule has 0 aliphatic heterocycles. The third kappa shape index (κ3) is 7.42. The maximum atomic E-state index is 11.5. The molecule has 0 saturated carbocycles. The van der Waals surface area contributed by atoms with E-state index in [1.54, 1.807) is 18.2 Å². The smallest absolute Gasteiger partial charge is 0.335 e. The molecule has 0 bridgehead atoms. The van der Waals surface area contributed by atoms with Crippen LogP contribution in [-0.2, 0) is 23.9 Å². The van der Waals surface area contributed by atoms with Crippen LogP contribution in [0.5, 0.6) is 0 Å². The number of benzene rings is 1.